The van der Waals surface area contributed by atoms with E-state index >= 15 is 0 Å². The zero-order valence-corrected chi connectivity index (χ0v) is 17.7. The minimum absolute atomic E-state index is 0.0360. The van der Waals surface area contributed by atoms with Crippen molar-refractivity contribution in [3.63, 3.8) is 0 Å². The maximum atomic E-state index is 11.8. The monoisotopic (exact) mass is 501 g/mol. The number of rotatable bonds is 8. The minimum atomic E-state index is -6.01. The molecule has 2 unspecified atom stereocenters. The van der Waals surface area contributed by atoms with E-state index < -0.39 is 60.1 Å². The van der Waals surface area contributed by atoms with Crippen LogP contribution in [-0.4, -0.2) is 60.6 Å². The van der Waals surface area contributed by atoms with Gasteiger partial charge in [-0.05, 0) is 0 Å². The van der Waals surface area contributed by atoms with E-state index in [1.54, 1.807) is 0 Å². The van der Waals surface area contributed by atoms with Crippen LogP contribution in [0.25, 0.3) is 11.2 Å². The fraction of sp³-hybridized carbons (Fsp3) is 0.545. The molecule has 31 heavy (non-hydrogen) atoms. The van der Waals surface area contributed by atoms with Crippen molar-refractivity contribution in [1.29, 1.82) is 0 Å². The van der Waals surface area contributed by atoms with Crippen LogP contribution in [0.4, 0.5) is 5.82 Å². The molecule has 6 atom stereocenters. The fourth-order valence-corrected chi connectivity index (χ4v) is 7.06. The lowest BCUT2D eigenvalue weighted by atomic mass is 10.1. The van der Waals surface area contributed by atoms with Gasteiger partial charge in [-0.1, -0.05) is 0 Å². The van der Waals surface area contributed by atoms with Crippen molar-refractivity contribution in [3.05, 3.63) is 12.7 Å². The molecule has 3 heterocycles. The third-order valence-electron chi connectivity index (χ3n) is 4.00. The number of aliphatic hydroxyl groups excluding tert-OH is 2. The minimum Gasteiger partial charge on any atom is -0.790 e. The summed E-state index contributed by atoms with van der Waals surface area (Å²) >= 11 is 0. The first-order chi connectivity index (χ1) is 14.2. The number of fused-ring (bicyclic) bond motifs is 1. The maximum absolute atomic E-state index is 11.8. The largest absolute Gasteiger partial charge is 0.790 e. The molecule has 0 amide bonds. The zero-order valence-electron chi connectivity index (χ0n) is 15.1. The third kappa shape index (κ3) is 5.73. The molecular weight excluding hydrogens is 487 g/mol. The van der Waals surface area contributed by atoms with Gasteiger partial charge >= 0.3 is 0 Å². The first kappa shape index (κ1) is 24.3. The predicted octanol–water partition coefficient (Wildman–Crippen LogP) is -4.05. The van der Waals surface area contributed by atoms with Crippen molar-refractivity contribution < 1.29 is 57.1 Å². The predicted molar refractivity (Wildman–Crippen MR) is 90.4 cm³/mol. The van der Waals surface area contributed by atoms with E-state index in [1.165, 1.54) is 10.9 Å². The van der Waals surface area contributed by atoms with Crippen molar-refractivity contribution in [3.8, 4) is 0 Å². The summed E-state index contributed by atoms with van der Waals surface area (Å²) in [6.07, 6.45) is -3.73. The molecular formula is C11H14N5O12P3-4. The normalized spacial score (nSPS) is 28.5. The number of aliphatic hydroxyl groups is 2. The van der Waals surface area contributed by atoms with Crippen LogP contribution in [-0.2, 0) is 27.3 Å². The van der Waals surface area contributed by atoms with Gasteiger partial charge in [-0.15, -0.1) is 0 Å². The van der Waals surface area contributed by atoms with Gasteiger partial charge in [0.05, 0.1) is 26.7 Å². The van der Waals surface area contributed by atoms with E-state index in [0.29, 0.717) is 0 Å². The Hall–Kier alpha value is -1.32. The van der Waals surface area contributed by atoms with E-state index in [2.05, 4.69) is 23.8 Å². The molecule has 4 N–H and O–H groups in total. The highest BCUT2D eigenvalue weighted by Gasteiger charge is 2.45. The van der Waals surface area contributed by atoms with Crippen LogP contribution in [0.3, 0.4) is 0 Å². The van der Waals surface area contributed by atoms with E-state index in [9.17, 15) is 43.5 Å². The number of anilines is 1. The molecule has 0 aliphatic carbocycles. The highest BCUT2D eigenvalue weighted by molar-refractivity contribution is 7.72. The number of aromatic nitrogens is 4. The first-order valence-electron chi connectivity index (χ1n) is 8.12. The number of nitrogen functional groups attached to an aromatic ring is 1. The molecule has 1 aliphatic rings. The Morgan fingerprint density at radius 1 is 1.10 bits per heavy atom. The summed E-state index contributed by atoms with van der Waals surface area (Å²) in [6, 6.07) is 0. The molecule has 20 heteroatoms. The summed E-state index contributed by atoms with van der Waals surface area (Å²) in [6.45, 7) is -0.953. The Morgan fingerprint density at radius 2 is 1.77 bits per heavy atom. The molecule has 1 aliphatic heterocycles. The molecule has 0 radical (unpaired) electrons. The molecule has 0 bridgehead atoms. The quantitative estimate of drug-likeness (QED) is 0.290. The van der Waals surface area contributed by atoms with Gasteiger partial charge in [-0.25, -0.2) is 15.0 Å². The summed E-state index contributed by atoms with van der Waals surface area (Å²) in [4.78, 5) is 55.6. The Bertz CT molecular complexity index is 1110. The molecule has 0 saturated carbocycles. The van der Waals surface area contributed by atoms with E-state index in [1.807, 2.05) is 0 Å². The van der Waals surface area contributed by atoms with Crippen LogP contribution >= 0.6 is 23.0 Å². The van der Waals surface area contributed by atoms with Gasteiger partial charge < -0.3 is 62.8 Å². The molecule has 0 aromatic carbocycles. The second kappa shape index (κ2) is 8.56. The van der Waals surface area contributed by atoms with E-state index in [-0.39, 0.29) is 17.0 Å². The van der Waals surface area contributed by atoms with Crippen molar-refractivity contribution >= 4 is 40.0 Å². The SMILES string of the molecule is Nc1ncnc2c1ncn2[C@@H]1O[C@H](COP(=O)([O-])CP(=O)([O-])OP(=O)([O-])[O-])[C@@H](O)[C@H]1O. The van der Waals surface area contributed by atoms with Gasteiger partial charge in [0.25, 0.3) is 0 Å². The number of nitrogens with zero attached hydrogens (tertiary/aromatic N) is 4. The van der Waals surface area contributed by atoms with Crippen LogP contribution in [0.5, 0.6) is 0 Å². The van der Waals surface area contributed by atoms with Gasteiger partial charge in [-0.2, -0.15) is 0 Å². The zero-order chi connectivity index (χ0) is 23.2. The molecule has 174 valence electrons. The lowest BCUT2D eigenvalue weighted by molar-refractivity contribution is -0.337. The van der Waals surface area contributed by atoms with Crippen LogP contribution in [0, 0.1) is 0 Å². The fourth-order valence-electron chi connectivity index (χ4n) is 2.77. The molecule has 3 rings (SSSR count). The van der Waals surface area contributed by atoms with Crippen molar-refractivity contribution in [2.75, 3.05) is 18.2 Å². The van der Waals surface area contributed by atoms with Gasteiger partial charge in [0.1, 0.15) is 45.3 Å². The smallest absolute Gasteiger partial charge is 0.167 e. The number of imidazole rings is 1. The topological polar surface area (TPSA) is 281 Å². The van der Waals surface area contributed by atoms with E-state index in [0.717, 1.165) is 6.33 Å². The lowest BCUT2D eigenvalue weighted by Gasteiger charge is -2.38. The number of phosphoric acid groups is 1. The summed E-state index contributed by atoms with van der Waals surface area (Å²) in [7, 11) is -16.9. The Kier molecular flexibility index (Phi) is 6.71. The third-order valence-corrected chi connectivity index (χ3v) is 9.11. The average molecular weight is 501 g/mol. The molecule has 1 fully saturated rings. The van der Waals surface area contributed by atoms with Crippen molar-refractivity contribution in [1.82, 2.24) is 19.5 Å². The highest BCUT2D eigenvalue weighted by Crippen LogP contribution is 2.58. The summed E-state index contributed by atoms with van der Waals surface area (Å²) in [5.41, 5.74) is 5.98. The molecule has 1 saturated heterocycles. The second-order valence-corrected chi connectivity index (χ2v) is 11.7. The first-order valence-corrected chi connectivity index (χ1v) is 13.0. The molecule has 2 aromatic rings. The molecule has 2 aromatic heterocycles. The van der Waals surface area contributed by atoms with Gasteiger partial charge in [0, 0.05) is 0 Å². The summed E-state index contributed by atoms with van der Waals surface area (Å²) < 4.78 is 47.8. The molecule has 0 spiro atoms. The second-order valence-electron chi connectivity index (χ2n) is 6.32. The number of hydrogen-bond donors (Lipinski definition) is 3. The lowest BCUT2D eigenvalue weighted by Crippen LogP contribution is -2.34. The van der Waals surface area contributed by atoms with E-state index in [4.69, 9.17) is 10.5 Å². The van der Waals surface area contributed by atoms with Gasteiger partial charge in [-0.3, -0.25) is 4.57 Å². The summed E-state index contributed by atoms with van der Waals surface area (Å²) in [5.74, 6) is -1.90. The summed E-state index contributed by atoms with van der Waals surface area (Å²) in [5, 5.41) is 20.4. The highest BCUT2D eigenvalue weighted by atomic mass is 31.3. The van der Waals surface area contributed by atoms with Crippen molar-refractivity contribution in [2.45, 2.75) is 24.5 Å². The number of ether oxygens (including phenoxy) is 1. The van der Waals surface area contributed by atoms with Crippen molar-refractivity contribution in [2.24, 2.45) is 0 Å². The standard InChI is InChI=1S/C11H18N5O12P3/c12-9-6-10(14-2-13-9)16(3-15-6)11-8(18)7(17)5(27-11)1-26-29(19,20)4-30(21,22)28-31(23,24)25/h2-3,5,7-8,11,17-18H,1,4H2,(H,19,20)(H,21,22)(H2,12,13,14)(H2,23,24,25)/p-4/t5-,7-,8-,11-/m1/s1. The molecule has 17 nitrogen and oxygen atoms in total. The van der Waals surface area contributed by atoms with Gasteiger partial charge in [0.15, 0.2) is 17.7 Å². The number of nitrogens with two attached hydrogens (primary N) is 1. The van der Waals surface area contributed by atoms with Gasteiger partial charge in [0.2, 0.25) is 0 Å². The Balaban J connectivity index is 1.69. The van der Waals surface area contributed by atoms with Crippen LogP contribution < -0.4 is 25.3 Å². The van der Waals surface area contributed by atoms with Crippen LogP contribution in [0.2, 0.25) is 0 Å². The number of hydrogen-bond acceptors (Lipinski definition) is 16. The average Bonchev–Trinajstić information content (AvgIpc) is 3.13. The maximum Gasteiger partial charge on any atom is 0.167 e. The van der Waals surface area contributed by atoms with Crippen LogP contribution in [0.15, 0.2) is 12.7 Å². The Morgan fingerprint density at radius 3 is 2.42 bits per heavy atom. The Labute approximate surface area is 172 Å². The van der Waals surface area contributed by atoms with Crippen LogP contribution in [0.1, 0.15) is 6.23 Å².